The van der Waals surface area contributed by atoms with E-state index in [1.807, 2.05) is 17.2 Å². The molecular formula is C13H18N4O2. The number of rotatable bonds is 6. The predicted octanol–water partition coefficient (Wildman–Crippen LogP) is 1.27. The summed E-state index contributed by atoms with van der Waals surface area (Å²) in [7, 11) is 0. The molecule has 0 radical (unpaired) electrons. The van der Waals surface area contributed by atoms with E-state index in [-0.39, 0.29) is 6.54 Å². The molecule has 2 heterocycles. The Morgan fingerprint density at radius 1 is 1.53 bits per heavy atom. The number of aromatic nitrogens is 3. The molecular weight excluding hydrogens is 244 g/mol. The third-order valence-electron chi connectivity index (χ3n) is 2.73. The van der Waals surface area contributed by atoms with Gasteiger partial charge in [-0.15, -0.1) is 0 Å². The van der Waals surface area contributed by atoms with Crippen molar-refractivity contribution in [3.8, 4) is 0 Å². The minimum absolute atomic E-state index is 0.0301. The Morgan fingerprint density at radius 2 is 2.32 bits per heavy atom. The second-order valence-electron chi connectivity index (χ2n) is 5.01. The van der Waals surface area contributed by atoms with Gasteiger partial charge in [-0.3, -0.25) is 9.69 Å². The van der Waals surface area contributed by atoms with Crippen LogP contribution in [0.5, 0.6) is 0 Å². The Kier molecular flexibility index (Phi) is 4.11. The molecule has 0 amide bonds. The Morgan fingerprint density at radius 3 is 3.00 bits per heavy atom. The third kappa shape index (κ3) is 3.51. The van der Waals surface area contributed by atoms with E-state index < -0.39 is 5.97 Å². The van der Waals surface area contributed by atoms with Crippen LogP contribution >= 0.6 is 0 Å². The zero-order valence-electron chi connectivity index (χ0n) is 11.2. The summed E-state index contributed by atoms with van der Waals surface area (Å²) in [5, 5.41) is 13.2. The Bertz CT molecular complexity index is 565. The topological polar surface area (TPSA) is 70.7 Å². The molecule has 0 aliphatic carbocycles. The normalized spacial score (nSPS) is 11.6. The van der Waals surface area contributed by atoms with Crippen molar-refractivity contribution in [3.63, 3.8) is 0 Å². The SMILES string of the molecule is CC(C)CN(CC(=O)O)Cc1cnn2cccnc12. The van der Waals surface area contributed by atoms with Crippen molar-refractivity contribution in [3.05, 3.63) is 30.2 Å². The zero-order chi connectivity index (χ0) is 13.8. The van der Waals surface area contributed by atoms with Crippen LogP contribution in [0.2, 0.25) is 0 Å². The van der Waals surface area contributed by atoms with Gasteiger partial charge in [0.1, 0.15) is 0 Å². The first-order chi connectivity index (χ1) is 9.06. The van der Waals surface area contributed by atoms with E-state index in [2.05, 4.69) is 23.9 Å². The van der Waals surface area contributed by atoms with Gasteiger partial charge in [-0.2, -0.15) is 5.10 Å². The highest BCUT2D eigenvalue weighted by atomic mass is 16.4. The van der Waals surface area contributed by atoms with Crippen molar-refractivity contribution in [1.82, 2.24) is 19.5 Å². The van der Waals surface area contributed by atoms with Gasteiger partial charge in [0.25, 0.3) is 0 Å². The van der Waals surface area contributed by atoms with Crippen molar-refractivity contribution in [2.24, 2.45) is 5.92 Å². The molecule has 0 bridgehead atoms. The molecule has 2 aromatic rings. The fourth-order valence-electron chi connectivity index (χ4n) is 2.12. The molecule has 102 valence electrons. The van der Waals surface area contributed by atoms with Crippen LogP contribution in [-0.4, -0.2) is 43.7 Å². The first-order valence-electron chi connectivity index (χ1n) is 6.27. The number of carbonyl (C=O) groups is 1. The molecule has 2 rings (SSSR count). The van der Waals surface area contributed by atoms with Gasteiger partial charge in [-0.25, -0.2) is 9.50 Å². The van der Waals surface area contributed by atoms with Crippen LogP contribution < -0.4 is 0 Å². The summed E-state index contributed by atoms with van der Waals surface area (Å²) in [5.41, 5.74) is 1.73. The standard InChI is InChI=1S/C13H18N4O2/c1-10(2)7-16(9-12(18)19)8-11-6-15-17-5-3-4-14-13(11)17/h3-6,10H,7-9H2,1-2H3,(H,18,19). The van der Waals surface area contributed by atoms with Gasteiger partial charge in [0.05, 0.1) is 12.7 Å². The van der Waals surface area contributed by atoms with Crippen molar-refractivity contribution in [2.45, 2.75) is 20.4 Å². The fraction of sp³-hybridized carbons (Fsp3) is 0.462. The lowest BCUT2D eigenvalue weighted by Gasteiger charge is -2.21. The molecule has 0 saturated carbocycles. The molecule has 0 atom stereocenters. The van der Waals surface area contributed by atoms with Crippen LogP contribution in [0.1, 0.15) is 19.4 Å². The number of fused-ring (bicyclic) bond motifs is 1. The first kappa shape index (κ1) is 13.5. The number of nitrogens with zero attached hydrogens (tertiary/aromatic N) is 4. The van der Waals surface area contributed by atoms with Crippen LogP contribution in [0, 0.1) is 5.92 Å². The van der Waals surface area contributed by atoms with Crippen LogP contribution in [0.3, 0.4) is 0 Å². The van der Waals surface area contributed by atoms with Crippen molar-refractivity contribution >= 4 is 11.6 Å². The third-order valence-corrected chi connectivity index (χ3v) is 2.73. The second kappa shape index (κ2) is 5.79. The molecule has 0 saturated heterocycles. The van der Waals surface area contributed by atoms with Crippen LogP contribution in [0.4, 0.5) is 0 Å². The minimum atomic E-state index is -0.815. The number of carboxylic acids is 1. The Balaban J connectivity index is 2.18. The van der Waals surface area contributed by atoms with E-state index in [1.165, 1.54) is 0 Å². The molecule has 2 aromatic heterocycles. The molecule has 6 heteroatoms. The summed E-state index contributed by atoms with van der Waals surface area (Å²) in [5.74, 6) is -0.403. The largest absolute Gasteiger partial charge is 0.480 e. The van der Waals surface area contributed by atoms with Gasteiger partial charge in [0, 0.05) is 31.0 Å². The van der Waals surface area contributed by atoms with E-state index in [0.29, 0.717) is 12.5 Å². The van der Waals surface area contributed by atoms with E-state index in [9.17, 15) is 4.79 Å². The predicted molar refractivity (Wildman–Crippen MR) is 70.7 cm³/mol. The van der Waals surface area contributed by atoms with E-state index in [4.69, 9.17) is 5.11 Å². The molecule has 0 aliphatic rings. The average Bonchev–Trinajstić information content (AvgIpc) is 2.71. The lowest BCUT2D eigenvalue weighted by molar-refractivity contribution is -0.138. The van der Waals surface area contributed by atoms with Crippen molar-refractivity contribution in [2.75, 3.05) is 13.1 Å². The summed E-state index contributed by atoms with van der Waals surface area (Å²) in [4.78, 5) is 17.1. The lowest BCUT2D eigenvalue weighted by Crippen LogP contribution is -2.32. The highest BCUT2D eigenvalue weighted by Crippen LogP contribution is 2.11. The van der Waals surface area contributed by atoms with Gasteiger partial charge in [-0.1, -0.05) is 13.8 Å². The van der Waals surface area contributed by atoms with E-state index in [0.717, 1.165) is 17.8 Å². The highest BCUT2D eigenvalue weighted by molar-refractivity contribution is 5.69. The highest BCUT2D eigenvalue weighted by Gasteiger charge is 2.14. The van der Waals surface area contributed by atoms with Crippen molar-refractivity contribution < 1.29 is 9.90 Å². The number of aliphatic carboxylic acids is 1. The molecule has 0 unspecified atom stereocenters. The smallest absolute Gasteiger partial charge is 0.317 e. The van der Waals surface area contributed by atoms with Crippen LogP contribution in [-0.2, 0) is 11.3 Å². The van der Waals surface area contributed by atoms with Gasteiger partial charge < -0.3 is 5.11 Å². The molecule has 0 aliphatic heterocycles. The zero-order valence-corrected chi connectivity index (χ0v) is 11.2. The molecule has 0 spiro atoms. The molecule has 0 aromatic carbocycles. The monoisotopic (exact) mass is 262 g/mol. The first-order valence-corrected chi connectivity index (χ1v) is 6.27. The van der Waals surface area contributed by atoms with E-state index in [1.54, 1.807) is 16.9 Å². The quantitative estimate of drug-likeness (QED) is 0.849. The fourth-order valence-corrected chi connectivity index (χ4v) is 2.12. The second-order valence-corrected chi connectivity index (χ2v) is 5.01. The average molecular weight is 262 g/mol. The summed E-state index contributed by atoms with van der Waals surface area (Å²) in [6.45, 7) is 5.45. The Hall–Kier alpha value is -1.95. The Labute approximate surface area is 111 Å². The number of carboxylic acid groups (broad SMARTS) is 1. The summed E-state index contributed by atoms with van der Waals surface area (Å²) < 4.78 is 1.70. The van der Waals surface area contributed by atoms with Gasteiger partial charge in [0.15, 0.2) is 5.65 Å². The number of hydrogen-bond donors (Lipinski definition) is 1. The molecule has 1 N–H and O–H groups in total. The maximum Gasteiger partial charge on any atom is 0.317 e. The summed E-state index contributed by atoms with van der Waals surface area (Å²) in [6, 6.07) is 1.81. The summed E-state index contributed by atoms with van der Waals surface area (Å²) >= 11 is 0. The van der Waals surface area contributed by atoms with Crippen LogP contribution in [0.15, 0.2) is 24.7 Å². The maximum atomic E-state index is 10.9. The molecule has 0 fully saturated rings. The lowest BCUT2D eigenvalue weighted by atomic mass is 10.2. The maximum absolute atomic E-state index is 10.9. The molecule has 6 nitrogen and oxygen atoms in total. The summed E-state index contributed by atoms with van der Waals surface area (Å²) in [6.07, 6.45) is 5.29. The minimum Gasteiger partial charge on any atom is -0.480 e. The molecule has 19 heavy (non-hydrogen) atoms. The van der Waals surface area contributed by atoms with E-state index >= 15 is 0 Å². The van der Waals surface area contributed by atoms with Gasteiger partial charge >= 0.3 is 5.97 Å². The van der Waals surface area contributed by atoms with Crippen LogP contribution in [0.25, 0.3) is 5.65 Å². The van der Waals surface area contributed by atoms with Crippen molar-refractivity contribution in [1.29, 1.82) is 0 Å². The van der Waals surface area contributed by atoms with Gasteiger partial charge in [-0.05, 0) is 12.0 Å². The van der Waals surface area contributed by atoms with Gasteiger partial charge in [0.2, 0.25) is 0 Å². The number of hydrogen-bond acceptors (Lipinski definition) is 4.